The number of aliphatic hydroxyl groups is 1. The van der Waals surface area contributed by atoms with Crippen LogP contribution < -0.4 is 20.3 Å². The summed E-state index contributed by atoms with van der Waals surface area (Å²) in [5.41, 5.74) is 1.59. The first-order valence-electron chi connectivity index (χ1n) is 11.4. The third kappa shape index (κ3) is 5.34. The van der Waals surface area contributed by atoms with Gasteiger partial charge in [0.05, 0.1) is 16.9 Å². The number of nitrogens with zero attached hydrogens (tertiary/aromatic N) is 2. The maximum Gasteiger partial charge on any atom is 0.414 e. The molecule has 1 unspecified atom stereocenters. The Morgan fingerprint density at radius 2 is 2.09 bits per heavy atom. The van der Waals surface area contributed by atoms with Crippen molar-refractivity contribution < 1.29 is 27.8 Å². The standard InChI is InChI=1S/C24H28F3N5O3/c1-23(2)12-15-10-17(31-22(34)16(13-28)21-29-6-3-7-30-21)18(11-19(15)35-23)32-8-4-14(5-9-32)20(33)24(25,26)27/h3,6-7,10-11,13-14,20,28-29,33H,4-5,8-9,12H2,1-2H3,(H,31,34)/b21-16-,28-13?. The smallest absolute Gasteiger partial charge is 0.414 e. The van der Waals surface area contributed by atoms with Crippen LogP contribution in [0.2, 0.25) is 0 Å². The average molecular weight is 492 g/mol. The third-order valence-electron chi connectivity index (χ3n) is 6.34. The van der Waals surface area contributed by atoms with E-state index in [4.69, 9.17) is 10.1 Å². The van der Waals surface area contributed by atoms with Crippen LogP contribution in [0.25, 0.3) is 0 Å². The van der Waals surface area contributed by atoms with Gasteiger partial charge in [0.2, 0.25) is 0 Å². The molecule has 4 rings (SSSR count). The van der Waals surface area contributed by atoms with Gasteiger partial charge < -0.3 is 30.8 Å². The van der Waals surface area contributed by atoms with E-state index in [1.165, 1.54) is 6.21 Å². The minimum absolute atomic E-state index is 0.0284. The fourth-order valence-corrected chi connectivity index (χ4v) is 4.63. The van der Waals surface area contributed by atoms with Crippen molar-refractivity contribution in [3.8, 4) is 5.75 Å². The Labute approximate surface area is 201 Å². The van der Waals surface area contributed by atoms with E-state index in [1.807, 2.05) is 24.8 Å². The lowest BCUT2D eigenvalue weighted by molar-refractivity contribution is -0.221. The topological polar surface area (TPSA) is 110 Å². The van der Waals surface area contributed by atoms with Crippen molar-refractivity contribution in [1.82, 2.24) is 5.32 Å². The van der Waals surface area contributed by atoms with Crippen molar-refractivity contribution in [2.24, 2.45) is 10.9 Å². The first kappa shape index (κ1) is 24.8. The number of anilines is 2. The molecule has 3 aliphatic rings. The Bertz CT molecular complexity index is 1100. The molecule has 0 aliphatic carbocycles. The lowest BCUT2D eigenvalue weighted by Crippen LogP contribution is -2.43. The molecule has 3 aliphatic heterocycles. The van der Waals surface area contributed by atoms with Gasteiger partial charge >= 0.3 is 6.18 Å². The lowest BCUT2D eigenvalue weighted by atomic mass is 9.90. The second-order valence-corrected chi connectivity index (χ2v) is 9.47. The molecule has 0 spiro atoms. The summed E-state index contributed by atoms with van der Waals surface area (Å²) < 4.78 is 45.0. The van der Waals surface area contributed by atoms with E-state index in [2.05, 4.69) is 15.6 Å². The van der Waals surface area contributed by atoms with Gasteiger partial charge in [0.25, 0.3) is 5.91 Å². The van der Waals surface area contributed by atoms with E-state index in [-0.39, 0.29) is 37.3 Å². The highest BCUT2D eigenvalue weighted by atomic mass is 19.4. The Morgan fingerprint density at radius 3 is 2.69 bits per heavy atom. The van der Waals surface area contributed by atoms with Crippen molar-refractivity contribution >= 4 is 29.7 Å². The van der Waals surface area contributed by atoms with Crippen molar-refractivity contribution in [1.29, 1.82) is 5.41 Å². The van der Waals surface area contributed by atoms with E-state index in [0.717, 1.165) is 11.8 Å². The molecule has 1 saturated heterocycles. The van der Waals surface area contributed by atoms with E-state index in [9.17, 15) is 23.1 Å². The quantitative estimate of drug-likeness (QED) is 0.372. The molecule has 1 fully saturated rings. The van der Waals surface area contributed by atoms with Crippen LogP contribution in [0.5, 0.6) is 5.75 Å². The van der Waals surface area contributed by atoms with Crippen LogP contribution in [0.1, 0.15) is 32.3 Å². The number of hydrogen-bond donors (Lipinski definition) is 4. The molecule has 1 aromatic rings. The number of allylic oxidation sites excluding steroid dienone is 1. The Hall–Kier alpha value is -3.34. The molecule has 1 atom stereocenters. The van der Waals surface area contributed by atoms with E-state index in [1.54, 1.807) is 18.3 Å². The predicted octanol–water partition coefficient (Wildman–Crippen LogP) is 3.53. The van der Waals surface area contributed by atoms with Crippen molar-refractivity contribution in [3.05, 3.63) is 41.4 Å². The number of halogens is 3. The molecule has 11 heteroatoms. The first-order valence-corrected chi connectivity index (χ1v) is 11.4. The number of ether oxygens (including phenoxy) is 1. The molecular weight excluding hydrogens is 463 g/mol. The molecule has 4 N–H and O–H groups in total. The fraction of sp³-hybridized carbons (Fsp3) is 0.458. The minimum Gasteiger partial charge on any atom is -0.487 e. The zero-order chi connectivity index (χ0) is 25.4. The largest absolute Gasteiger partial charge is 0.487 e. The Kier molecular flexibility index (Phi) is 6.63. The average Bonchev–Trinajstić information content (AvgIpc) is 3.11. The summed E-state index contributed by atoms with van der Waals surface area (Å²) in [6.45, 7) is 4.45. The number of amides is 1. The van der Waals surface area contributed by atoms with Gasteiger partial charge in [0, 0.05) is 49.8 Å². The second-order valence-electron chi connectivity index (χ2n) is 9.47. The highest BCUT2D eigenvalue weighted by Gasteiger charge is 2.44. The van der Waals surface area contributed by atoms with Gasteiger partial charge in [-0.25, -0.2) is 4.99 Å². The van der Waals surface area contributed by atoms with Gasteiger partial charge in [0.1, 0.15) is 17.2 Å². The normalized spacial score (nSPS) is 21.6. The molecule has 1 aromatic carbocycles. The molecule has 0 saturated carbocycles. The zero-order valence-electron chi connectivity index (χ0n) is 19.4. The molecule has 8 nitrogen and oxygen atoms in total. The van der Waals surface area contributed by atoms with E-state index < -0.39 is 29.7 Å². The minimum atomic E-state index is -4.65. The Balaban J connectivity index is 1.61. The summed E-state index contributed by atoms with van der Waals surface area (Å²) in [6.07, 6.45) is -0.411. The van der Waals surface area contributed by atoms with Crippen LogP contribution in [-0.4, -0.2) is 54.4 Å². The van der Waals surface area contributed by atoms with Crippen molar-refractivity contribution in [2.75, 3.05) is 23.3 Å². The molecule has 0 bridgehead atoms. The number of fused-ring (bicyclic) bond motifs is 1. The van der Waals surface area contributed by atoms with Gasteiger partial charge in [-0.2, -0.15) is 13.2 Å². The number of piperidine rings is 1. The molecule has 188 valence electrons. The summed E-state index contributed by atoms with van der Waals surface area (Å²) in [5.74, 6) is -0.535. The second kappa shape index (κ2) is 9.37. The molecular formula is C24H28F3N5O3. The number of alkyl halides is 3. The van der Waals surface area contributed by atoms with Crippen LogP contribution in [0.4, 0.5) is 24.5 Å². The van der Waals surface area contributed by atoms with Crippen LogP contribution in [0.15, 0.2) is 40.8 Å². The van der Waals surface area contributed by atoms with E-state index >= 15 is 0 Å². The maximum absolute atomic E-state index is 13.1. The van der Waals surface area contributed by atoms with Crippen LogP contribution in [0, 0.1) is 11.3 Å². The van der Waals surface area contributed by atoms with Gasteiger partial charge in [-0.1, -0.05) is 0 Å². The number of carbonyl (C=O) groups excluding carboxylic acids is 1. The highest BCUT2D eigenvalue weighted by Crippen LogP contribution is 2.43. The zero-order valence-corrected chi connectivity index (χ0v) is 19.4. The SMILES string of the molecule is CC1(C)Cc2cc(NC(=O)/C(C=N)=C3\N=CC=CN3)c(N3CCC(C(O)C(F)(F)F)CC3)cc2O1. The maximum atomic E-state index is 13.1. The number of carbonyl (C=O) groups is 1. The number of aliphatic imine (C=N–C) groups is 1. The molecule has 0 radical (unpaired) electrons. The number of rotatable bonds is 5. The number of benzene rings is 1. The van der Waals surface area contributed by atoms with Crippen LogP contribution >= 0.6 is 0 Å². The van der Waals surface area contributed by atoms with Crippen LogP contribution in [0.3, 0.4) is 0 Å². The Morgan fingerprint density at radius 1 is 1.37 bits per heavy atom. The van der Waals surface area contributed by atoms with Crippen molar-refractivity contribution in [3.63, 3.8) is 0 Å². The van der Waals surface area contributed by atoms with Gasteiger partial charge in [0.15, 0.2) is 6.10 Å². The molecule has 3 heterocycles. The summed E-state index contributed by atoms with van der Waals surface area (Å²) >= 11 is 0. The lowest BCUT2D eigenvalue weighted by Gasteiger charge is -2.37. The molecule has 0 aromatic heterocycles. The summed E-state index contributed by atoms with van der Waals surface area (Å²) in [4.78, 5) is 19.1. The number of aliphatic hydroxyl groups excluding tert-OH is 1. The summed E-state index contributed by atoms with van der Waals surface area (Å²) in [6, 6.07) is 3.62. The first-order chi connectivity index (χ1) is 16.5. The van der Waals surface area contributed by atoms with Crippen LogP contribution in [-0.2, 0) is 11.2 Å². The van der Waals surface area contributed by atoms with Gasteiger partial charge in [-0.05, 0) is 44.7 Å². The fourth-order valence-electron chi connectivity index (χ4n) is 4.63. The third-order valence-corrected chi connectivity index (χ3v) is 6.34. The highest BCUT2D eigenvalue weighted by molar-refractivity contribution is 6.18. The number of hydrogen-bond acceptors (Lipinski definition) is 7. The molecule has 1 amide bonds. The predicted molar refractivity (Wildman–Crippen MR) is 127 cm³/mol. The van der Waals surface area contributed by atoms with Crippen molar-refractivity contribution in [2.45, 2.75) is 51.0 Å². The molecule has 35 heavy (non-hydrogen) atoms. The van der Waals surface area contributed by atoms with Gasteiger partial charge in [-0.15, -0.1) is 0 Å². The van der Waals surface area contributed by atoms with Gasteiger partial charge in [-0.3, -0.25) is 4.79 Å². The number of nitrogens with one attached hydrogen (secondary N) is 3. The summed E-state index contributed by atoms with van der Waals surface area (Å²) in [7, 11) is 0. The monoisotopic (exact) mass is 491 g/mol. The summed E-state index contributed by atoms with van der Waals surface area (Å²) in [5, 5.41) is 23.1. The van der Waals surface area contributed by atoms with E-state index in [0.29, 0.717) is 23.5 Å².